The minimum atomic E-state index is -0.392. The first kappa shape index (κ1) is 18.7. The third-order valence-electron chi connectivity index (χ3n) is 2.81. The molecule has 0 radical (unpaired) electrons. The smallest absolute Gasteiger partial charge is 0.302 e. The average molecular weight is 280 g/mol. The summed E-state index contributed by atoms with van der Waals surface area (Å²) in [6.45, 7) is 9.81. The number of rotatable bonds is 8. The number of aliphatic hydroxyl groups excluding tert-OH is 1. The maximum absolute atomic E-state index is 10.6. The van der Waals surface area contributed by atoms with Gasteiger partial charge in [-0.1, -0.05) is 28.9 Å². The van der Waals surface area contributed by atoms with Crippen LogP contribution in [0.1, 0.15) is 53.9 Å². The highest BCUT2D eigenvalue weighted by molar-refractivity contribution is 5.66. The molecule has 0 amide bonds. The first-order valence-corrected chi connectivity index (χ1v) is 7.09. The van der Waals surface area contributed by atoms with E-state index in [1.807, 2.05) is 39.8 Å². The van der Waals surface area contributed by atoms with Crippen LogP contribution in [-0.2, 0) is 9.53 Å². The number of ether oxygens (including phenoxy) is 1. The van der Waals surface area contributed by atoms with Gasteiger partial charge in [-0.15, -0.1) is 0 Å². The molecule has 0 heterocycles. The van der Waals surface area contributed by atoms with Crippen molar-refractivity contribution in [3.8, 4) is 0 Å². The zero-order valence-electron chi connectivity index (χ0n) is 13.4. The van der Waals surface area contributed by atoms with E-state index < -0.39 is 6.10 Å². The van der Waals surface area contributed by atoms with E-state index in [9.17, 15) is 9.90 Å². The largest absolute Gasteiger partial charge is 0.462 e. The van der Waals surface area contributed by atoms with Gasteiger partial charge in [0.05, 0.1) is 6.10 Å². The van der Waals surface area contributed by atoms with Crippen molar-refractivity contribution in [3.05, 3.63) is 34.9 Å². The summed E-state index contributed by atoms with van der Waals surface area (Å²) in [4.78, 5) is 10.6. The molecule has 20 heavy (non-hydrogen) atoms. The highest BCUT2D eigenvalue weighted by Crippen LogP contribution is 2.11. The number of carbonyl (C=O) groups excluding carboxylic acids is 1. The van der Waals surface area contributed by atoms with Crippen molar-refractivity contribution in [1.82, 2.24) is 0 Å². The molecule has 3 heteroatoms. The van der Waals surface area contributed by atoms with Crippen LogP contribution in [0.5, 0.6) is 0 Å². The average Bonchev–Trinajstić information content (AvgIpc) is 2.26. The normalized spacial score (nSPS) is 13.9. The van der Waals surface area contributed by atoms with Crippen molar-refractivity contribution >= 4 is 5.97 Å². The fourth-order valence-electron chi connectivity index (χ4n) is 1.81. The summed E-state index contributed by atoms with van der Waals surface area (Å²) in [7, 11) is 0. The van der Waals surface area contributed by atoms with Crippen LogP contribution in [0.15, 0.2) is 34.9 Å². The molecule has 0 bridgehead atoms. The Morgan fingerprint density at radius 3 is 2.30 bits per heavy atom. The van der Waals surface area contributed by atoms with E-state index in [1.165, 1.54) is 18.1 Å². The molecule has 0 aromatic heterocycles. The van der Waals surface area contributed by atoms with Crippen LogP contribution in [0.4, 0.5) is 0 Å². The lowest BCUT2D eigenvalue weighted by atomic mass is 10.0. The van der Waals surface area contributed by atoms with E-state index in [4.69, 9.17) is 4.74 Å². The molecule has 0 rings (SSSR count). The second-order valence-corrected chi connectivity index (χ2v) is 5.46. The molecular formula is C17H28O3. The molecule has 1 atom stereocenters. The molecule has 114 valence electrons. The van der Waals surface area contributed by atoms with Gasteiger partial charge in [-0.25, -0.2) is 0 Å². The lowest BCUT2D eigenvalue weighted by Gasteiger charge is -2.07. The molecule has 0 aromatic rings. The Balaban J connectivity index is 4.04. The van der Waals surface area contributed by atoms with E-state index in [0.29, 0.717) is 13.0 Å². The molecule has 0 saturated heterocycles. The molecule has 0 saturated carbocycles. The van der Waals surface area contributed by atoms with Gasteiger partial charge >= 0.3 is 5.97 Å². The number of aliphatic hydroxyl groups is 1. The summed E-state index contributed by atoms with van der Waals surface area (Å²) in [6.07, 6.45) is 8.14. The number of carbonyl (C=O) groups is 1. The Hall–Kier alpha value is -1.35. The van der Waals surface area contributed by atoms with E-state index >= 15 is 0 Å². The molecule has 1 N–H and O–H groups in total. The lowest BCUT2D eigenvalue weighted by Crippen LogP contribution is -2.03. The zero-order chi connectivity index (χ0) is 15.5. The van der Waals surface area contributed by atoms with E-state index in [0.717, 1.165) is 18.4 Å². The SMILES string of the molecule is CC(=O)OC/C=C(\C)CC/C=C(\C)C[C@@H](O)C=C(C)C. The zero-order valence-corrected chi connectivity index (χ0v) is 13.4. The summed E-state index contributed by atoms with van der Waals surface area (Å²) in [5, 5.41) is 9.79. The molecular weight excluding hydrogens is 252 g/mol. The van der Waals surface area contributed by atoms with Crippen LogP contribution < -0.4 is 0 Å². The quantitative estimate of drug-likeness (QED) is 0.541. The van der Waals surface area contributed by atoms with Crippen molar-refractivity contribution in [1.29, 1.82) is 0 Å². The Bertz CT molecular complexity index is 385. The molecule has 0 aliphatic rings. The Labute approximate surface area is 123 Å². The van der Waals surface area contributed by atoms with Gasteiger partial charge < -0.3 is 9.84 Å². The van der Waals surface area contributed by atoms with Crippen LogP contribution >= 0.6 is 0 Å². The minimum Gasteiger partial charge on any atom is -0.462 e. The number of esters is 1. The predicted octanol–water partition coefficient (Wildman–Crippen LogP) is 3.94. The Morgan fingerprint density at radius 2 is 1.75 bits per heavy atom. The highest BCUT2D eigenvalue weighted by Gasteiger charge is 2.01. The fourth-order valence-corrected chi connectivity index (χ4v) is 1.81. The van der Waals surface area contributed by atoms with Gasteiger partial charge in [0, 0.05) is 6.92 Å². The fraction of sp³-hybridized carbons (Fsp3) is 0.588. The summed E-state index contributed by atoms with van der Waals surface area (Å²) in [5.74, 6) is -0.252. The second-order valence-electron chi connectivity index (χ2n) is 5.46. The van der Waals surface area contributed by atoms with Crippen LogP contribution in [0.2, 0.25) is 0 Å². The first-order chi connectivity index (χ1) is 9.31. The summed E-state index contributed by atoms with van der Waals surface area (Å²) in [5.41, 5.74) is 3.54. The molecule has 0 aliphatic heterocycles. The summed E-state index contributed by atoms with van der Waals surface area (Å²) < 4.78 is 4.86. The van der Waals surface area contributed by atoms with Crippen LogP contribution in [-0.4, -0.2) is 23.8 Å². The Kier molecular flexibility index (Phi) is 9.73. The number of hydrogen-bond acceptors (Lipinski definition) is 3. The van der Waals surface area contributed by atoms with Gasteiger partial charge in [0.1, 0.15) is 6.61 Å². The standard InChI is InChI=1S/C17H28O3/c1-13(2)11-17(19)12-15(4)8-6-7-14(3)9-10-20-16(5)18/h8-9,11,17,19H,6-7,10,12H2,1-5H3/b14-9+,15-8+/t17-/m0/s1. The number of allylic oxidation sites excluding steroid dienone is 3. The van der Waals surface area contributed by atoms with Gasteiger partial charge in [0.15, 0.2) is 0 Å². The van der Waals surface area contributed by atoms with Crippen molar-refractivity contribution in [2.24, 2.45) is 0 Å². The van der Waals surface area contributed by atoms with Gasteiger partial charge in [-0.3, -0.25) is 4.79 Å². The van der Waals surface area contributed by atoms with E-state index in [-0.39, 0.29) is 5.97 Å². The monoisotopic (exact) mass is 280 g/mol. The molecule has 0 aromatic carbocycles. The minimum absolute atomic E-state index is 0.252. The van der Waals surface area contributed by atoms with Gasteiger partial charge in [0.25, 0.3) is 0 Å². The lowest BCUT2D eigenvalue weighted by molar-refractivity contribution is -0.139. The van der Waals surface area contributed by atoms with Crippen molar-refractivity contribution in [3.63, 3.8) is 0 Å². The van der Waals surface area contributed by atoms with E-state index in [2.05, 4.69) is 6.08 Å². The third-order valence-corrected chi connectivity index (χ3v) is 2.81. The van der Waals surface area contributed by atoms with Crippen molar-refractivity contribution < 1.29 is 14.6 Å². The summed E-state index contributed by atoms with van der Waals surface area (Å²) in [6, 6.07) is 0. The third kappa shape index (κ3) is 11.7. The van der Waals surface area contributed by atoms with Crippen molar-refractivity contribution in [2.75, 3.05) is 6.61 Å². The molecule has 0 aliphatic carbocycles. The molecule has 0 fully saturated rings. The molecule has 0 spiro atoms. The molecule has 0 unspecified atom stereocenters. The highest BCUT2D eigenvalue weighted by atomic mass is 16.5. The second kappa shape index (κ2) is 10.4. The maximum atomic E-state index is 10.6. The van der Waals surface area contributed by atoms with Gasteiger partial charge in [0.2, 0.25) is 0 Å². The maximum Gasteiger partial charge on any atom is 0.302 e. The number of hydrogen-bond donors (Lipinski definition) is 1. The van der Waals surface area contributed by atoms with Crippen LogP contribution in [0.3, 0.4) is 0 Å². The van der Waals surface area contributed by atoms with Crippen molar-refractivity contribution in [2.45, 2.75) is 60.0 Å². The summed E-state index contributed by atoms with van der Waals surface area (Å²) >= 11 is 0. The van der Waals surface area contributed by atoms with Gasteiger partial charge in [-0.2, -0.15) is 0 Å². The van der Waals surface area contributed by atoms with Crippen LogP contribution in [0, 0.1) is 0 Å². The van der Waals surface area contributed by atoms with Crippen LogP contribution in [0.25, 0.3) is 0 Å². The predicted molar refractivity (Wildman–Crippen MR) is 83.4 cm³/mol. The molecule has 3 nitrogen and oxygen atoms in total. The van der Waals surface area contributed by atoms with Gasteiger partial charge in [-0.05, 0) is 53.0 Å². The topological polar surface area (TPSA) is 46.5 Å². The van der Waals surface area contributed by atoms with E-state index in [1.54, 1.807) is 0 Å². The first-order valence-electron chi connectivity index (χ1n) is 7.09. The Morgan fingerprint density at radius 1 is 1.10 bits per heavy atom.